The van der Waals surface area contributed by atoms with E-state index in [-0.39, 0.29) is 36.1 Å². The van der Waals surface area contributed by atoms with Crippen LogP contribution in [0.2, 0.25) is 0 Å². The first-order valence-corrected chi connectivity index (χ1v) is 12.8. The summed E-state index contributed by atoms with van der Waals surface area (Å²) in [7, 11) is 0. The van der Waals surface area contributed by atoms with Gasteiger partial charge in [0.2, 0.25) is 23.6 Å². The third-order valence-corrected chi connectivity index (χ3v) is 6.41. The predicted molar refractivity (Wildman–Crippen MR) is 139 cm³/mol. The van der Waals surface area contributed by atoms with Crippen LogP contribution in [0.5, 0.6) is 0 Å². The van der Waals surface area contributed by atoms with Crippen molar-refractivity contribution in [3.8, 4) is 0 Å². The lowest BCUT2D eigenvalue weighted by molar-refractivity contribution is -0.134. The molecule has 4 N–H and O–H groups in total. The summed E-state index contributed by atoms with van der Waals surface area (Å²) in [5.41, 5.74) is 3.20. The van der Waals surface area contributed by atoms with E-state index in [1.54, 1.807) is 0 Å². The third kappa shape index (κ3) is 8.32. The van der Waals surface area contributed by atoms with Crippen LogP contribution in [-0.4, -0.2) is 48.2 Å². The lowest BCUT2D eigenvalue weighted by atomic mass is 9.89. The van der Waals surface area contributed by atoms with Crippen molar-refractivity contribution in [3.05, 3.63) is 35.5 Å². The molecular formula is C27H37N5O4. The Hall–Kier alpha value is -3.49. The Kier molecular flexibility index (Phi) is 10.2. The molecule has 0 saturated carbocycles. The molecule has 9 nitrogen and oxygen atoms in total. The number of carbonyl (C=O) groups is 4. The molecule has 1 unspecified atom stereocenters. The van der Waals surface area contributed by atoms with E-state index in [9.17, 15) is 19.2 Å². The lowest BCUT2D eigenvalue weighted by Crippen LogP contribution is -2.39. The van der Waals surface area contributed by atoms with Gasteiger partial charge in [-0.15, -0.1) is 0 Å². The highest BCUT2D eigenvalue weighted by Crippen LogP contribution is 2.30. The Bertz CT molecular complexity index is 1100. The smallest absolute Gasteiger partial charge is 0.239 e. The minimum Gasteiger partial charge on any atom is -0.376 e. The molecule has 1 aliphatic heterocycles. The van der Waals surface area contributed by atoms with Gasteiger partial charge in [-0.3, -0.25) is 29.5 Å². The van der Waals surface area contributed by atoms with Gasteiger partial charge in [-0.1, -0.05) is 31.7 Å². The zero-order valence-corrected chi connectivity index (χ0v) is 21.2. The largest absolute Gasteiger partial charge is 0.376 e. The van der Waals surface area contributed by atoms with Crippen molar-refractivity contribution in [3.63, 3.8) is 0 Å². The van der Waals surface area contributed by atoms with Crippen LogP contribution >= 0.6 is 0 Å². The van der Waals surface area contributed by atoms with Crippen LogP contribution in [0.4, 0.5) is 5.69 Å². The zero-order chi connectivity index (χ0) is 25.9. The van der Waals surface area contributed by atoms with Gasteiger partial charge in [0.15, 0.2) is 0 Å². The monoisotopic (exact) mass is 495 g/mol. The van der Waals surface area contributed by atoms with Crippen molar-refractivity contribution in [1.82, 2.24) is 20.9 Å². The SMILES string of the molecule is CC(=O)NCCCCCCCCNC(=O)CNc1ccc2cc(C3CCC(=O)NC3=O)c(C)nc2c1. The molecule has 1 saturated heterocycles. The van der Waals surface area contributed by atoms with Crippen LogP contribution in [0.15, 0.2) is 24.3 Å². The molecule has 194 valence electrons. The summed E-state index contributed by atoms with van der Waals surface area (Å²) in [6.45, 7) is 4.99. The lowest BCUT2D eigenvalue weighted by Gasteiger charge is -2.22. The third-order valence-electron chi connectivity index (χ3n) is 6.41. The number of pyridine rings is 1. The maximum atomic E-state index is 12.3. The fraction of sp³-hybridized carbons (Fsp3) is 0.519. The molecule has 1 fully saturated rings. The van der Waals surface area contributed by atoms with E-state index in [0.717, 1.165) is 72.9 Å². The average molecular weight is 496 g/mol. The summed E-state index contributed by atoms with van der Waals surface area (Å²) in [6.07, 6.45) is 7.23. The number of carbonyl (C=O) groups excluding carboxylic acids is 4. The predicted octanol–water partition coefficient (Wildman–Crippen LogP) is 3.07. The average Bonchev–Trinajstić information content (AvgIpc) is 2.83. The summed E-state index contributed by atoms with van der Waals surface area (Å²) in [6, 6.07) is 7.69. The van der Waals surface area contributed by atoms with Gasteiger partial charge in [-0.25, -0.2) is 0 Å². The number of nitrogens with one attached hydrogen (secondary N) is 4. The fourth-order valence-corrected chi connectivity index (χ4v) is 4.43. The summed E-state index contributed by atoms with van der Waals surface area (Å²) >= 11 is 0. The number of unbranched alkanes of at least 4 members (excludes halogenated alkanes) is 5. The molecule has 1 aliphatic rings. The number of hydrogen-bond donors (Lipinski definition) is 4. The van der Waals surface area contributed by atoms with Crippen LogP contribution < -0.4 is 21.3 Å². The number of anilines is 1. The maximum absolute atomic E-state index is 12.3. The van der Waals surface area contributed by atoms with Crippen molar-refractivity contribution in [2.24, 2.45) is 0 Å². The molecule has 9 heteroatoms. The van der Waals surface area contributed by atoms with Crippen molar-refractivity contribution in [1.29, 1.82) is 0 Å². The van der Waals surface area contributed by atoms with E-state index in [1.165, 1.54) is 6.92 Å². The summed E-state index contributed by atoms with van der Waals surface area (Å²) < 4.78 is 0. The van der Waals surface area contributed by atoms with Gasteiger partial charge in [0.25, 0.3) is 0 Å². The van der Waals surface area contributed by atoms with Gasteiger partial charge in [0, 0.05) is 43.2 Å². The zero-order valence-electron chi connectivity index (χ0n) is 21.2. The molecule has 2 heterocycles. The van der Waals surface area contributed by atoms with Gasteiger partial charge in [-0.2, -0.15) is 0 Å². The topological polar surface area (TPSA) is 129 Å². The van der Waals surface area contributed by atoms with Crippen LogP contribution in [-0.2, 0) is 19.2 Å². The Morgan fingerprint density at radius 3 is 2.39 bits per heavy atom. The van der Waals surface area contributed by atoms with Gasteiger partial charge < -0.3 is 16.0 Å². The number of hydrogen-bond acceptors (Lipinski definition) is 6. The molecule has 3 rings (SSSR count). The van der Waals surface area contributed by atoms with Crippen molar-refractivity contribution in [2.45, 2.75) is 71.1 Å². The number of imide groups is 1. The van der Waals surface area contributed by atoms with E-state index in [2.05, 4.69) is 26.3 Å². The molecule has 0 radical (unpaired) electrons. The van der Waals surface area contributed by atoms with Crippen LogP contribution in [0.3, 0.4) is 0 Å². The molecule has 36 heavy (non-hydrogen) atoms. The number of rotatable bonds is 13. The molecule has 0 bridgehead atoms. The van der Waals surface area contributed by atoms with Crippen molar-refractivity contribution in [2.75, 3.05) is 25.0 Å². The van der Waals surface area contributed by atoms with E-state index in [0.29, 0.717) is 19.4 Å². The Labute approximate surface area is 212 Å². The maximum Gasteiger partial charge on any atom is 0.239 e. The first-order valence-electron chi connectivity index (χ1n) is 12.8. The highest BCUT2D eigenvalue weighted by molar-refractivity contribution is 6.01. The Morgan fingerprint density at radius 1 is 1.00 bits per heavy atom. The second-order valence-electron chi connectivity index (χ2n) is 9.38. The molecule has 2 aromatic rings. The number of piperidine rings is 1. The number of aromatic nitrogens is 1. The van der Waals surface area contributed by atoms with Gasteiger partial charge in [0.05, 0.1) is 18.0 Å². The molecule has 1 aromatic carbocycles. The van der Waals surface area contributed by atoms with Gasteiger partial charge >= 0.3 is 0 Å². The number of aryl methyl sites for hydroxylation is 1. The van der Waals surface area contributed by atoms with Crippen LogP contribution in [0.25, 0.3) is 10.9 Å². The quantitative estimate of drug-likeness (QED) is 0.250. The standard InChI is InChI=1S/C27H37N5O4/c1-18-23(22-11-12-25(34)32-27(22)36)15-20-9-10-21(16-24(20)31-18)30-17-26(35)29-14-8-6-4-3-5-7-13-28-19(2)33/h9-10,15-16,22,30H,3-8,11-14,17H2,1-2H3,(H,28,33)(H,29,35)(H,32,34,36). The molecule has 0 spiro atoms. The Morgan fingerprint density at radius 2 is 1.69 bits per heavy atom. The highest BCUT2D eigenvalue weighted by Gasteiger charge is 2.29. The van der Waals surface area contributed by atoms with E-state index in [4.69, 9.17) is 0 Å². The molecule has 1 aromatic heterocycles. The van der Waals surface area contributed by atoms with E-state index >= 15 is 0 Å². The second kappa shape index (κ2) is 13.6. The Balaban J connectivity index is 1.38. The summed E-state index contributed by atoms with van der Waals surface area (Å²) in [5.74, 6) is -0.889. The first-order chi connectivity index (χ1) is 17.3. The normalized spacial score (nSPS) is 15.4. The minimum atomic E-state index is -0.365. The minimum absolute atomic E-state index is 0.0215. The van der Waals surface area contributed by atoms with Gasteiger partial charge in [0.1, 0.15) is 0 Å². The first kappa shape index (κ1) is 27.1. The van der Waals surface area contributed by atoms with E-state index < -0.39 is 0 Å². The summed E-state index contributed by atoms with van der Waals surface area (Å²) in [5, 5.41) is 12.2. The number of amides is 4. The highest BCUT2D eigenvalue weighted by atomic mass is 16.2. The second-order valence-corrected chi connectivity index (χ2v) is 9.38. The molecule has 4 amide bonds. The van der Waals surface area contributed by atoms with Crippen LogP contribution in [0.1, 0.15) is 75.5 Å². The molecule has 1 atom stereocenters. The molecule has 0 aliphatic carbocycles. The van der Waals surface area contributed by atoms with Crippen molar-refractivity contribution >= 4 is 40.2 Å². The molecular weight excluding hydrogens is 458 g/mol. The number of benzene rings is 1. The van der Waals surface area contributed by atoms with Gasteiger partial charge in [-0.05, 0) is 49.9 Å². The fourth-order valence-electron chi connectivity index (χ4n) is 4.43. The van der Waals surface area contributed by atoms with Crippen LogP contribution in [0, 0.1) is 6.92 Å². The van der Waals surface area contributed by atoms with Crippen molar-refractivity contribution < 1.29 is 19.2 Å². The summed E-state index contributed by atoms with van der Waals surface area (Å²) in [4.78, 5) is 51.4. The number of fused-ring (bicyclic) bond motifs is 1. The number of nitrogens with zero attached hydrogens (tertiary/aromatic N) is 1. The van der Waals surface area contributed by atoms with E-state index in [1.807, 2.05) is 31.2 Å².